The first-order valence-corrected chi connectivity index (χ1v) is 5.49. The standard InChI is InChI=1S/C12H14N4/c1-9-2-5-15-7-4-14-12(11(9)15)16-6-3-10(13)8-16/h2,4-5,7,13H,3,6,8H2,1H3. The van der Waals surface area contributed by atoms with Gasteiger partial charge in [0, 0.05) is 37.3 Å². The Hall–Kier alpha value is -1.84. The van der Waals surface area contributed by atoms with E-state index in [1.54, 1.807) is 0 Å². The summed E-state index contributed by atoms with van der Waals surface area (Å²) in [6.45, 7) is 3.73. The summed E-state index contributed by atoms with van der Waals surface area (Å²) in [6.07, 6.45) is 6.71. The molecule has 4 heteroatoms. The van der Waals surface area contributed by atoms with Crippen molar-refractivity contribution < 1.29 is 0 Å². The Bertz CT molecular complexity index is 555. The summed E-state index contributed by atoms with van der Waals surface area (Å²) in [5, 5.41) is 7.68. The van der Waals surface area contributed by atoms with Gasteiger partial charge in [0.2, 0.25) is 0 Å². The van der Waals surface area contributed by atoms with Gasteiger partial charge in [0.05, 0.1) is 12.1 Å². The van der Waals surface area contributed by atoms with Crippen LogP contribution in [-0.2, 0) is 0 Å². The van der Waals surface area contributed by atoms with E-state index in [1.165, 1.54) is 5.56 Å². The lowest BCUT2D eigenvalue weighted by Crippen LogP contribution is -2.21. The number of nitrogens with zero attached hydrogens (tertiary/aromatic N) is 3. The molecule has 0 aliphatic carbocycles. The van der Waals surface area contributed by atoms with Crippen molar-refractivity contribution in [2.24, 2.45) is 0 Å². The van der Waals surface area contributed by atoms with Gasteiger partial charge < -0.3 is 14.7 Å². The van der Waals surface area contributed by atoms with Crippen LogP contribution >= 0.6 is 0 Å². The van der Waals surface area contributed by atoms with E-state index in [-0.39, 0.29) is 0 Å². The zero-order chi connectivity index (χ0) is 11.1. The average molecular weight is 214 g/mol. The molecule has 0 radical (unpaired) electrons. The molecule has 4 nitrogen and oxygen atoms in total. The third-order valence-electron chi connectivity index (χ3n) is 3.12. The lowest BCUT2D eigenvalue weighted by atomic mass is 10.3. The van der Waals surface area contributed by atoms with Gasteiger partial charge in [-0.25, -0.2) is 4.98 Å². The molecule has 82 valence electrons. The lowest BCUT2D eigenvalue weighted by Gasteiger charge is -2.17. The van der Waals surface area contributed by atoms with Gasteiger partial charge in [0.25, 0.3) is 0 Å². The second kappa shape index (κ2) is 3.33. The largest absolute Gasteiger partial charge is 0.349 e. The number of rotatable bonds is 1. The number of aromatic nitrogens is 2. The minimum absolute atomic E-state index is 0.720. The van der Waals surface area contributed by atoms with Crippen LogP contribution in [0.3, 0.4) is 0 Å². The molecule has 0 bridgehead atoms. The number of aryl methyl sites for hydroxylation is 1. The third kappa shape index (κ3) is 1.30. The molecule has 0 spiro atoms. The van der Waals surface area contributed by atoms with E-state index in [0.717, 1.165) is 36.6 Å². The maximum absolute atomic E-state index is 7.68. The van der Waals surface area contributed by atoms with Crippen LogP contribution in [0, 0.1) is 12.3 Å². The van der Waals surface area contributed by atoms with Gasteiger partial charge in [0.1, 0.15) is 0 Å². The Labute approximate surface area is 94.0 Å². The second-order valence-corrected chi connectivity index (χ2v) is 4.28. The van der Waals surface area contributed by atoms with E-state index in [0.29, 0.717) is 0 Å². The van der Waals surface area contributed by atoms with Crippen molar-refractivity contribution in [2.45, 2.75) is 13.3 Å². The van der Waals surface area contributed by atoms with Crippen LogP contribution in [0.1, 0.15) is 12.0 Å². The number of fused-ring (bicyclic) bond motifs is 1. The summed E-state index contributed by atoms with van der Waals surface area (Å²) < 4.78 is 2.10. The number of nitrogens with one attached hydrogen (secondary N) is 1. The van der Waals surface area contributed by atoms with Crippen molar-refractivity contribution in [3.8, 4) is 0 Å². The van der Waals surface area contributed by atoms with Gasteiger partial charge in [-0.1, -0.05) is 0 Å². The summed E-state index contributed by atoms with van der Waals surface area (Å²) in [5.41, 5.74) is 3.20. The quantitative estimate of drug-likeness (QED) is 0.787. The Balaban J connectivity index is 2.15. The monoisotopic (exact) mass is 214 g/mol. The minimum Gasteiger partial charge on any atom is -0.349 e. The Kier molecular flexibility index (Phi) is 1.96. The van der Waals surface area contributed by atoms with Crippen LogP contribution < -0.4 is 4.90 Å². The van der Waals surface area contributed by atoms with Crippen LogP contribution in [0.15, 0.2) is 24.7 Å². The molecule has 0 aromatic carbocycles. The fraction of sp³-hybridized carbons (Fsp3) is 0.333. The van der Waals surface area contributed by atoms with E-state index in [4.69, 9.17) is 5.41 Å². The predicted octanol–water partition coefficient (Wildman–Crippen LogP) is 1.87. The molecule has 1 N–H and O–H groups in total. The highest BCUT2D eigenvalue weighted by Crippen LogP contribution is 2.24. The van der Waals surface area contributed by atoms with E-state index >= 15 is 0 Å². The van der Waals surface area contributed by atoms with Crippen molar-refractivity contribution >= 4 is 17.0 Å². The Morgan fingerprint density at radius 1 is 1.38 bits per heavy atom. The molecule has 0 amide bonds. The summed E-state index contributed by atoms with van der Waals surface area (Å²) in [7, 11) is 0. The summed E-state index contributed by atoms with van der Waals surface area (Å²) >= 11 is 0. The van der Waals surface area contributed by atoms with Crippen molar-refractivity contribution in [3.05, 3.63) is 30.2 Å². The van der Waals surface area contributed by atoms with Gasteiger partial charge in [0.15, 0.2) is 5.82 Å². The first-order valence-electron chi connectivity index (χ1n) is 5.49. The maximum atomic E-state index is 7.68. The van der Waals surface area contributed by atoms with Crippen LogP contribution in [-0.4, -0.2) is 28.2 Å². The van der Waals surface area contributed by atoms with Crippen LogP contribution in [0.5, 0.6) is 0 Å². The third-order valence-corrected chi connectivity index (χ3v) is 3.12. The molecule has 3 heterocycles. The predicted molar refractivity (Wildman–Crippen MR) is 64.5 cm³/mol. The van der Waals surface area contributed by atoms with Gasteiger partial charge in [-0.3, -0.25) is 0 Å². The highest BCUT2D eigenvalue weighted by molar-refractivity contribution is 5.91. The molecule has 0 saturated carbocycles. The molecular weight excluding hydrogens is 200 g/mol. The molecule has 1 fully saturated rings. The zero-order valence-electron chi connectivity index (χ0n) is 9.27. The molecule has 0 atom stereocenters. The van der Waals surface area contributed by atoms with Crippen molar-refractivity contribution in [3.63, 3.8) is 0 Å². The Morgan fingerprint density at radius 2 is 2.25 bits per heavy atom. The molecule has 1 saturated heterocycles. The first kappa shape index (κ1) is 9.39. The maximum Gasteiger partial charge on any atom is 0.153 e. The number of anilines is 1. The Morgan fingerprint density at radius 3 is 3.00 bits per heavy atom. The van der Waals surface area contributed by atoms with Gasteiger partial charge in [-0.15, -0.1) is 0 Å². The average Bonchev–Trinajstić information content (AvgIpc) is 2.86. The first-order chi connectivity index (χ1) is 7.75. The number of hydrogen-bond acceptors (Lipinski definition) is 3. The highest BCUT2D eigenvalue weighted by Gasteiger charge is 2.20. The zero-order valence-corrected chi connectivity index (χ0v) is 9.27. The van der Waals surface area contributed by atoms with Crippen molar-refractivity contribution in [1.82, 2.24) is 9.38 Å². The molecule has 3 rings (SSSR count). The summed E-state index contributed by atoms with van der Waals surface area (Å²) in [6, 6.07) is 2.10. The van der Waals surface area contributed by atoms with Crippen LogP contribution in [0.4, 0.5) is 5.82 Å². The van der Waals surface area contributed by atoms with Gasteiger partial charge in [-0.2, -0.15) is 0 Å². The fourth-order valence-electron chi connectivity index (χ4n) is 2.27. The summed E-state index contributed by atoms with van der Waals surface area (Å²) in [4.78, 5) is 6.65. The van der Waals surface area contributed by atoms with Crippen molar-refractivity contribution in [1.29, 1.82) is 5.41 Å². The van der Waals surface area contributed by atoms with Gasteiger partial charge >= 0.3 is 0 Å². The molecule has 0 unspecified atom stereocenters. The lowest BCUT2D eigenvalue weighted by molar-refractivity contribution is 0.932. The van der Waals surface area contributed by atoms with Crippen LogP contribution in [0.25, 0.3) is 5.52 Å². The highest BCUT2D eigenvalue weighted by atomic mass is 15.2. The van der Waals surface area contributed by atoms with Crippen LogP contribution in [0.2, 0.25) is 0 Å². The topological polar surface area (TPSA) is 44.4 Å². The number of hydrogen-bond donors (Lipinski definition) is 1. The normalized spacial score (nSPS) is 16.3. The van der Waals surface area contributed by atoms with E-state index < -0.39 is 0 Å². The van der Waals surface area contributed by atoms with E-state index in [2.05, 4.69) is 33.5 Å². The molecule has 1 aliphatic heterocycles. The molecule has 1 aliphatic rings. The van der Waals surface area contributed by atoms with Crippen molar-refractivity contribution in [2.75, 3.05) is 18.0 Å². The SMILES string of the molecule is Cc1ccn2ccnc(N3CCC(=N)C3)c12. The minimum atomic E-state index is 0.720. The summed E-state index contributed by atoms with van der Waals surface area (Å²) in [5.74, 6) is 1.01. The molecule has 2 aromatic heterocycles. The van der Waals surface area contributed by atoms with Gasteiger partial charge in [-0.05, 0) is 18.6 Å². The molecule has 16 heavy (non-hydrogen) atoms. The van der Waals surface area contributed by atoms with E-state index in [1.807, 2.05) is 12.4 Å². The molecule has 2 aromatic rings. The van der Waals surface area contributed by atoms with E-state index in [9.17, 15) is 0 Å². The smallest absolute Gasteiger partial charge is 0.153 e. The fourth-order valence-corrected chi connectivity index (χ4v) is 2.27. The molecular formula is C12H14N4. The second-order valence-electron chi connectivity index (χ2n) is 4.28.